The number of urea groups is 1. The molecule has 3 rings (SSSR count). The van der Waals surface area contributed by atoms with Crippen LogP contribution in [0.5, 0.6) is 0 Å². The molecular weight excluding hydrogens is 440 g/mol. The van der Waals surface area contributed by atoms with E-state index in [-0.39, 0.29) is 17.0 Å². The molecule has 1 saturated carbocycles. The molecule has 0 radical (unpaired) electrons. The summed E-state index contributed by atoms with van der Waals surface area (Å²) in [5.74, 6) is -1.88. The van der Waals surface area contributed by atoms with Gasteiger partial charge in [0, 0.05) is 6.54 Å². The van der Waals surface area contributed by atoms with Gasteiger partial charge >= 0.3 is 12.0 Å². The molecule has 2 fully saturated rings. The first kappa shape index (κ1) is 23.7. The van der Waals surface area contributed by atoms with Gasteiger partial charge in [0.1, 0.15) is 5.54 Å². The van der Waals surface area contributed by atoms with Crippen LogP contribution in [0, 0.1) is 5.92 Å². The summed E-state index contributed by atoms with van der Waals surface area (Å²) in [5.41, 5.74) is 1.09. The normalized spacial score (nSPS) is 23.2. The fourth-order valence-corrected chi connectivity index (χ4v) is 4.84. The Morgan fingerprint density at radius 3 is 2.59 bits per heavy atom. The van der Waals surface area contributed by atoms with Crippen LogP contribution in [0.1, 0.15) is 49.9 Å². The van der Waals surface area contributed by atoms with Gasteiger partial charge < -0.3 is 10.1 Å². The number of hydrogen-bond acceptors (Lipinski definition) is 7. The summed E-state index contributed by atoms with van der Waals surface area (Å²) in [5, 5.41) is 3.29. The van der Waals surface area contributed by atoms with Crippen molar-refractivity contribution in [3.05, 3.63) is 29.8 Å². The minimum atomic E-state index is -3.77. The first-order valence-electron chi connectivity index (χ1n) is 10.3. The van der Waals surface area contributed by atoms with E-state index in [4.69, 9.17) is 4.74 Å². The molecule has 0 aromatic heterocycles. The number of nitrogens with zero attached hydrogens (tertiary/aromatic N) is 1. The van der Waals surface area contributed by atoms with Crippen molar-refractivity contribution in [3.63, 3.8) is 0 Å². The van der Waals surface area contributed by atoms with Crippen LogP contribution in [-0.4, -0.2) is 55.9 Å². The molecule has 3 N–H and O–H groups in total. The van der Waals surface area contributed by atoms with E-state index in [0.717, 1.165) is 18.9 Å². The molecule has 1 saturated heterocycles. The summed E-state index contributed by atoms with van der Waals surface area (Å²) < 4.78 is 31.4. The molecular formula is C20H26N4O7S. The number of carbonyl (C=O) groups excluding carboxylic acids is 4. The Bertz CT molecular complexity index is 1030. The van der Waals surface area contributed by atoms with E-state index in [9.17, 15) is 27.6 Å². The lowest BCUT2D eigenvalue weighted by molar-refractivity contribution is -0.141. The highest BCUT2D eigenvalue weighted by Gasteiger charge is 2.52. The quantitative estimate of drug-likeness (QED) is 0.395. The smallest absolute Gasteiger partial charge is 0.344 e. The average molecular weight is 467 g/mol. The van der Waals surface area contributed by atoms with Gasteiger partial charge in [-0.05, 0) is 49.8 Å². The van der Waals surface area contributed by atoms with Crippen molar-refractivity contribution in [2.24, 2.45) is 5.92 Å². The molecule has 0 bridgehead atoms. The Morgan fingerprint density at radius 2 is 1.94 bits per heavy atom. The summed E-state index contributed by atoms with van der Waals surface area (Å²) >= 11 is 0. The Labute approximate surface area is 185 Å². The fourth-order valence-electron chi connectivity index (χ4n) is 3.75. The number of rotatable bonds is 7. The standard InChI is InChI=1S/C20H26N4O7S/c1-3-21-32(29,30)15-6-4-5-14(11-15)17(26)31-12-16(25)23-24-18(27)20(22-19(24)28)9-7-13(2)8-10-20/h4-6,11,13,21H,3,7-10,12H2,1-2H3,(H,22,28)(H,23,25). The monoisotopic (exact) mass is 466 g/mol. The predicted octanol–water partition coefficient (Wildman–Crippen LogP) is 0.674. The van der Waals surface area contributed by atoms with Crippen LogP contribution >= 0.6 is 0 Å². The van der Waals surface area contributed by atoms with Gasteiger partial charge in [0.05, 0.1) is 10.5 Å². The molecule has 1 aromatic rings. The van der Waals surface area contributed by atoms with Crippen LogP contribution in [0.4, 0.5) is 4.79 Å². The lowest BCUT2D eigenvalue weighted by atomic mass is 9.77. The first-order chi connectivity index (χ1) is 15.1. The molecule has 12 heteroatoms. The Kier molecular flexibility index (Phi) is 6.84. The second-order valence-electron chi connectivity index (χ2n) is 7.98. The molecule has 4 amide bonds. The van der Waals surface area contributed by atoms with Crippen molar-refractivity contribution in [2.45, 2.75) is 50.0 Å². The maximum atomic E-state index is 12.7. The second-order valence-corrected chi connectivity index (χ2v) is 9.74. The summed E-state index contributed by atoms with van der Waals surface area (Å²) in [6, 6.07) is 4.44. The summed E-state index contributed by atoms with van der Waals surface area (Å²) in [4.78, 5) is 49.3. The Morgan fingerprint density at radius 1 is 1.25 bits per heavy atom. The van der Waals surface area contributed by atoms with E-state index < -0.39 is 46.0 Å². The van der Waals surface area contributed by atoms with Crippen LogP contribution < -0.4 is 15.5 Å². The van der Waals surface area contributed by atoms with Gasteiger partial charge in [0.2, 0.25) is 10.0 Å². The number of hydrogen-bond donors (Lipinski definition) is 3. The number of imide groups is 1. The van der Waals surface area contributed by atoms with E-state index in [1.54, 1.807) is 6.92 Å². The van der Waals surface area contributed by atoms with Gasteiger partial charge in [0.25, 0.3) is 11.8 Å². The van der Waals surface area contributed by atoms with Gasteiger partial charge in [-0.25, -0.2) is 22.7 Å². The summed E-state index contributed by atoms with van der Waals surface area (Å²) in [6.07, 6.45) is 2.56. The molecule has 174 valence electrons. The molecule has 1 spiro atoms. The molecule has 0 unspecified atom stereocenters. The zero-order chi connectivity index (χ0) is 23.5. The molecule has 2 aliphatic rings. The zero-order valence-electron chi connectivity index (χ0n) is 17.8. The highest BCUT2D eigenvalue weighted by Crippen LogP contribution is 2.35. The number of amides is 4. The SMILES string of the molecule is CCNS(=O)(=O)c1cccc(C(=O)OCC(=O)NN2C(=O)NC3(CCC(C)CC3)C2=O)c1. The topological polar surface area (TPSA) is 151 Å². The van der Waals surface area contributed by atoms with Crippen molar-refractivity contribution >= 4 is 33.8 Å². The van der Waals surface area contributed by atoms with Gasteiger partial charge in [-0.3, -0.25) is 15.0 Å². The van der Waals surface area contributed by atoms with E-state index in [1.165, 1.54) is 18.2 Å². The number of hydrazine groups is 1. The average Bonchev–Trinajstić information content (AvgIpc) is 2.98. The number of carbonyl (C=O) groups is 4. The van der Waals surface area contributed by atoms with Crippen LogP contribution in [0.3, 0.4) is 0 Å². The lowest BCUT2D eigenvalue weighted by Crippen LogP contribution is -2.52. The third-order valence-electron chi connectivity index (χ3n) is 5.57. The van der Waals surface area contributed by atoms with Crippen LogP contribution in [0.25, 0.3) is 0 Å². The van der Waals surface area contributed by atoms with Gasteiger partial charge in [-0.15, -0.1) is 0 Å². The number of sulfonamides is 1. The minimum Gasteiger partial charge on any atom is -0.452 e. The highest BCUT2D eigenvalue weighted by molar-refractivity contribution is 7.89. The van der Waals surface area contributed by atoms with Gasteiger partial charge in [0.15, 0.2) is 6.61 Å². The van der Waals surface area contributed by atoms with Gasteiger partial charge in [-0.1, -0.05) is 19.9 Å². The molecule has 11 nitrogen and oxygen atoms in total. The van der Waals surface area contributed by atoms with Crippen molar-refractivity contribution < 1.29 is 32.3 Å². The minimum absolute atomic E-state index is 0.0675. The maximum absolute atomic E-state index is 12.7. The first-order valence-corrected chi connectivity index (χ1v) is 11.8. The molecule has 1 heterocycles. The van der Waals surface area contributed by atoms with E-state index >= 15 is 0 Å². The molecule has 0 atom stereocenters. The fraction of sp³-hybridized carbons (Fsp3) is 0.500. The van der Waals surface area contributed by atoms with Crippen molar-refractivity contribution in [1.29, 1.82) is 0 Å². The van der Waals surface area contributed by atoms with Crippen molar-refractivity contribution in [3.8, 4) is 0 Å². The van der Waals surface area contributed by atoms with Crippen LogP contribution in [-0.2, 0) is 24.3 Å². The van der Waals surface area contributed by atoms with Crippen molar-refractivity contribution in [1.82, 2.24) is 20.5 Å². The molecule has 32 heavy (non-hydrogen) atoms. The Balaban J connectivity index is 1.58. The molecule has 1 aliphatic carbocycles. The highest BCUT2D eigenvalue weighted by atomic mass is 32.2. The summed E-state index contributed by atoms with van der Waals surface area (Å²) in [7, 11) is -3.77. The third-order valence-corrected chi connectivity index (χ3v) is 7.12. The number of nitrogens with one attached hydrogen (secondary N) is 3. The number of esters is 1. The van der Waals surface area contributed by atoms with Crippen molar-refractivity contribution in [2.75, 3.05) is 13.2 Å². The lowest BCUT2D eigenvalue weighted by Gasteiger charge is -2.33. The Hall–Kier alpha value is -2.99. The number of ether oxygens (including phenoxy) is 1. The van der Waals surface area contributed by atoms with E-state index in [2.05, 4.69) is 22.4 Å². The van der Waals surface area contributed by atoms with Crippen LogP contribution in [0.15, 0.2) is 29.2 Å². The van der Waals surface area contributed by atoms with E-state index in [0.29, 0.717) is 23.8 Å². The molecule has 1 aliphatic heterocycles. The van der Waals surface area contributed by atoms with Gasteiger partial charge in [-0.2, -0.15) is 5.01 Å². The third kappa shape index (κ3) is 4.91. The number of benzene rings is 1. The predicted molar refractivity (Wildman–Crippen MR) is 111 cm³/mol. The van der Waals surface area contributed by atoms with E-state index in [1.807, 2.05) is 0 Å². The second kappa shape index (κ2) is 9.25. The van der Waals surface area contributed by atoms with Crippen LogP contribution in [0.2, 0.25) is 0 Å². The maximum Gasteiger partial charge on any atom is 0.344 e. The largest absolute Gasteiger partial charge is 0.452 e. The molecule has 1 aromatic carbocycles. The zero-order valence-corrected chi connectivity index (χ0v) is 18.7. The summed E-state index contributed by atoms with van der Waals surface area (Å²) in [6.45, 7) is 3.12.